The van der Waals surface area contributed by atoms with Gasteiger partial charge in [-0.2, -0.15) is 0 Å². The normalized spacial score (nSPS) is 19.0. The molecule has 0 aliphatic carbocycles. The highest BCUT2D eigenvalue weighted by Crippen LogP contribution is 2.38. The highest BCUT2D eigenvalue weighted by atomic mass is 16.6. The van der Waals surface area contributed by atoms with Gasteiger partial charge in [0.1, 0.15) is 24.7 Å². The lowest BCUT2D eigenvalue weighted by Gasteiger charge is -2.43. The van der Waals surface area contributed by atoms with E-state index < -0.39 is 6.09 Å². The SMILES string of the molecule is CNC(=O)CC[C@@H]1C[C@H](c2ccc(OC)cc2)[C@@H](OCc2ccc3c(c2)N(CCCOC)CCO3)CN1C(=O)OCc1ccccc1. The predicted molar refractivity (Wildman–Crippen MR) is 180 cm³/mol. The third-order valence-corrected chi connectivity index (χ3v) is 8.98. The molecule has 1 saturated heterocycles. The van der Waals surface area contributed by atoms with Crippen molar-refractivity contribution < 1.29 is 33.3 Å². The zero-order chi connectivity index (χ0) is 33.0. The van der Waals surface area contributed by atoms with E-state index in [1.165, 1.54) is 0 Å². The number of hydrogen-bond acceptors (Lipinski definition) is 8. The highest BCUT2D eigenvalue weighted by molar-refractivity contribution is 5.75. The van der Waals surface area contributed by atoms with Crippen LogP contribution in [0.4, 0.5) is 10.5 Å². The van der Waals surface area contributed by atoms with Gasteiger partial charge in [0.25, 0.3) is 0 Å². The monoisotopic (exact) mass is 645 g/mol. The fourth-order valence-corrected chi connectivity index (χ4v) is 6.38. The summed E-state index contributed by atoms with van der Waals surface area (Å²) in [5.41, 5.74) is 4.10. The van der Waals surface area contributed by atoms with E-state index in [2.05, 4.69) is 28.4 Å². The van der Waals surface area contributed by atoms with E-state index in [9.17, 15) is 9.59 Å². The quantitative estimate of drug-likeness (QED) is 0.229. The van der Waals surface area contributed by atoms with Crippen molar-refractivity contribution >= 4 is 17.7 Å². The van der Waals surface area contributed by atoms with Crippen molar-refractivity contribution in [2.45, 2.75) is 57.0 Å². The molecule has 1 fully saturated rings. The van der Waals surface area contributed by atoms with Gasteiger partial charge in [0, 0.05) is 45.7 Å². The van der Waals surface area contributed by atoms with Crippen molar-refractivity contribution in [3.8, 4) is 11.5 Å². The van der Waals surface area contributed by atoms with Gasteiger partial charge in [-0.3, -0.25) is 4.79 Å². The topological polar surface area (TPSA) is 98.8 Å². The average Bonchev–Trinajstić information content (AvgIpc) is 3.12. The van der Waals surface area contributed by atoms with Crippen molar-refractivity contribution in [2.24, 2.45) is 0 Å². The first-order chi connectivity index (χ1) is 23.0. The molecule has 252 valence electrons. The maximum Gasteiger partial charge on any atom is 0.410 e. The van der Waals surface area contributed by atoms with Crippen LogP contribution in [-0.2, 0) is 32.2 Å². The minimum Gasteiger partial charge on any atom is -0.497 e. The van der Waals surface area contributed by atoms with E-state index in [-0.39, 0.29) is 30.6 Å². The van der Waals surface area contributed by atoms with E-state index in [0.29, 0.717) is 45.6 Å². The van der Waals surface area contributed by atoms with Crippen LogP contribution in [0.5, 0.6) is 11.5 Å². The van der Waals surface area contributed by atoms with Gasteiger partial charge in [-0.15, -0.1) is 0 Å². The van der Waals surface area contributed by atoms with Gasteiger partial charge >= 0.3 is 6.09 Å². The molecule has 1 N–H and O–H groups in total. The van der Waals surface area contributed by atoms with Gasteiger partial charge in [-0.25, -0.2) is 4.79 Å². The number of anilines is 1. The Morgan fingerprint density at radius 2 is 1.79 bits per heavy atom. The molecule has 2 amide bonds. The molecule has 0 aromatic heterocycles. The van der Waals surface area contributed by atoms with Gasteiger partial charge in [-0.05, 0) is 60.2 Å². The van der Waals surface area contributed by atoms with E-state index in [4.69, 9.17) is 23.7 Å². The molecular formula is C37H47N3O7. The highest BCUT2D eigenvalue weighted by Gasteiger charge is 2.40. The number of fused-ring (bicyclic) bond motifs is 1. The molecule has 0 saturated carbocycles. The Kier molecular flexibility index (Phi) is 12.3. The molecule has 2 heterocycles. The second-order valence-corrected chi connectivity index (χ2v) is 12.0. The van der Waals surface area contributed by atoms with Crippen LogP contribution < -0.4 is 19.7 Å². The van der Waals surface area contributed by atoms with Gasteiger partial charge in [0.05, 0.1) is 38.6 Å². The number of piperidine rings is 1. The summed E-state index contributed by atoms with van der Waals surface area (Å²) >= 11 is 0. The number of amides is 2. The Labute approximate surface area is 277 Å². The number of hydrogen-bond donors (Lipinski definition) is 1. The van der Waals surface area contributed by atoms with E-state index in [1.807, 2.05) is 54.6 Å². The largest absolute Gasteiger partial charge is 0.497 e. The van der Waals surface area contributed by atoms with Crippen LogP contribution in [0.1, 0.15) is 48.3 Å². The third-order valence-electron chi connectivity index (χ3n) is 8.98. The van der Waals surface area contributed by atoms with Crippen LogP contribution in [0.3, 0.4) is 0 Å². The van der Waals surface area contributed by atoms with E-state index >= 15 is 0 Å². The summed E-state index contributed by atoms with van der Waals surface area (Å²) < 4.78 is 29.2. The first-order valence-electron chi connectivity index (χ1n) is 16.4. The van der Waals surface area contributed by atoms with Crippen molar-refractivity contribution in [1.82, 2.24) is 10.2 Å². The van der Waals surface area contributed by atoms with E-state index in [0.717, 1.165) is 53.4 Å². The molecule has 10 heteroatoms. The number of nitrogens with zero attached hydrogens (tertiary/aromatic N) is 2. The minimum atomic E-state index is -0.407. The number of rotatable bonds is 14. The van der Waals surface area contributed by atoms with Crippen LogP contribution >= 0.6 is 0 Å². The van der Waals surface area contributed by atoms with Crippen molar-refractivity contribution in [1.29, 1.82) is 0 Å². The lowest BCUT2D eigenvalue weighted by atomic mass is 9.81. The molecule has 0 radical (unpaired) electrons. The summed E-state index contributed by atoms with van der Waals surface area (Å²) in [7, 11) is 5.00. The first kappa shape index (κ1) is 34.1. The Bertz CT molecular complexity index is 1440. The summed E-state index contributed by atoms with van der Waals surface area (Å²) in [6.07, 6.45) is 1.66. The van der Waals surface area contributed by atoms with Crippen LogP contribution in [0, 0.1) is 0 Å². The van der Waals surface area contributed by atoms with Gasteiger partial charge < -0.3 is 38.8 Å². The second-order valence-electron chi connectivity index (χ2n) is 12.0. The van der Waals surface area contributed by atoms with Crippen molar-refractivity contribution in [3.05, 3.63) is 89.5 Å². The van der Waals surface area contributed by atoms with E-state index in [1.54, 1.807) is 26.2 Å². The van der Waals surface area contributed by atoms with Crippen LogP contribution in [0.25, 0.3) is 0 Å². The lowest BCUT2D eigenvalue weighted by molar-refractivity contribution is -0.121. The number of carbonyl (C=O) groups is 2. The maximum absolute atomic E-state index is 13.6. The number of benzene rings is 3. The molecule has 0 unspecified atom stereocenters. The number of nitrogens with one attached hydrogen (secondary N) is 1. The summed E-state index contributed by atoms with van der Waals surface area (Å²) in [5.74, 6) is 1.57. The first-order valence-corrected chi connectivity index (χ1v) is 16.4. The van der Waals surface area contributed by atoms with Crippen LogP contribution in [0.15, 0.2) is 72.8 Å². The molecular weight excluding hydrogens is 598 g/mol. The molecule has 3 atom stereocenters. The molecule has 10 nitrogen and oxygen atoms in total. The number of methoxy groups -OCH3 is 2. The summed E-state index contributed by atoms with van der Waals surface area (Å²) in [4.78, 5) is 30.0. The molecule has 0 bridgehead atoms. The Morgan fingerprint density at radius 1 is 0.979 bits per heavy atom. The minimum absolute atomic E-state index is 0.0136. The molecule has 3 aromatic carbocycles. The Hall–Kier alpha value is -4.28. The zero-order valence-corrected chi connectivity index (χ0v) is 27.7. The average molecular weight is 646 g/mol. The molecule has 2 aliphatic rings. The standard InChI is InChI=1S/C37H47N3O7/c1-38-36(41)17-13-30-23-32(29-11-14-31(44-3)15-12-29)35(24-40(30)37(42)47-25-27-8-5-4-6-9-27)46-26-28-10-16-34-33(22-28)39(19-21-45-34)18-7-20-43-2/h4-6,8-12,14-16,22,30,32,35H,7,13,17-21,23-26H2,1-3H3,(H,38,41)/t30-,32-,35+/m1/s1. The molecule has 3 aromatic rings. The van der Waals surface area contributed by atoms with Gasteiger partial charge in [0.15, 0.2) is 0 Å². The van der Waals surface area contributed by atoms with Crippen LogP contribution in [0.2, 0.25) is 0 Å². The predicted octanol–water partition coefficient (Wildman–Crippen LogP) is 5.54. The van der Waals surface area contributed by atoms with Crippen molar-refractivity contribution in [3.63, 3.8) is 0 Å². The molecule has 0 spiro atoms. The van der Waals surface area contributed by atoms with Gasteiger partial charge in [0.2, 0.25) is 5.91 Å². The van der Waals surface area contributed by atoms with Crippen LogP contribution in [-0.4, -0.2) is 83.2 Å². The smallest absolute Gasteiger partial charge is 0.410 e. The number of ether oxygens (including phenoxy) is 5. The fourth-order valence-electron chi connectivity index (χ4n) is 6.38. The molecule has 5 rings (SSSR count). The third kappa shape index (κ3) is 9.17. The van der Waals surface area contributed by atoms with Crippen molar-refractivity contribution in [2.75, 3.05) is 59.0 Å². The fraction of sp³-hybridized carbons (Fsp3) is 0.459. The van der Waals surface area contributed by atoms with Gasteiger partial charge in [-0.1, -0.05) is 48.5 Å². The Balaban J connectivity index is 1.37. The molecule has 47 heavy (non-hydrogen) atoms. The zero-order valence-electron chi connectivity index (χ0n) is 27.7. The second kappa shape index (κ2) is 17.0. The summed E-state index contributed by atoms with van der Waals surface area (Å²) in [6, 6.07) is 23.7. The molecule has 2 aliphatic heterocycles. The summed E-state index contributed by atoms with van der Waals surface area (Å²) in [5, 5.41) is 2.71. The Morgan fingerprint density at radius 3 is 2.53 bits per heavy atom. The summed E-state index contributed by atoms with van der Waals surface area (Å²) in [6.45, 7) is 3.93. The lowest BCUT2D eigenvalue weighted by Crippen LogP contribution is -2.52. The maximum atomic E-state index is 13.6. The number of carbonyl (C=O) groups excluding carboxylic acids is 2. The number of likely N-dealkylation sites (tertiary alicyclic amines) is 1.